The molecule has 0 heterocycles. The van der Waals surface area contributed by atoms with Crippen LogP contribution in [0.2, 0.25) is 0 Å². The van der Waals surface area contributed by atoms with E-state index in [1.165, 1.54) is 82.3 Å². The molecule has 2 aliphatic rings. The van der Waals surface area contributed by atoms with Crippen molar-refractivity contribution in [3.8, 4) is 0 Å². The SMILES string of the molecule is CCCCCCCC1CCC(CCC2=Cc3cc(F)cc(F)c3CC2)CC1. The van der Waals surface area contributed by atoms with Crippen LogP contribution in [0.25, 0.3) is 6.08 Å². The summed E-state index contributed by atoms with van der Waals surface area (Å²) in [5.74, 6) is 0.979. The van der Waals surface area contributed by atoms with Crippen molar-refractivity contribution in [2.24, 2.45) is 11.8 Å². The molecule has 2 aliphatic carbocycles. The van der Waals surface area contributed by atoms with E-state index in [2.05, 4.69) is 6.92 Å². The fourth-order valence-corrected chi connectivity index (χ4v) is 5.03. The molecule has 3 rings (SSSR count). The van der Waals surface area contributed by atoms with Crippen molar-refractivity contribution in [3.63, 3.8) is 0 Å². The molecule has 0 aliphatic heterocycles. The minimum absolute atomic E-state index is 0.381. The fourth-order valence-electron chi connectivity index (χ4n) is 5.03. The number of hydrogen-bond donors (Lipinski definition) is 0. The molecule has 0 unspecified atom stereocenters. The maximum atomic E-state index is 13.9. The van der Waals surface area contributed by atoms with Crippen LogP contribution >= 0.6 is 0 Å². The molecule has 0 radical (unpaired) electrons. The minimum atomic E-state index is -0.461. The minimum Gasteiger partial charge on any atom is -0.207 e. The van der Waals surface area contributed by atoms with Gasteiger partial charge in [-0.3, -0.25) is 0 Å². The quantitative estimate of drug-likeness (QED) is 0.382. The van der Waals surface area contributed by atoms with Crippen LogP contribution in [-0.2, 0) is 6.42 Å². The van der Waals surface area contributed by atoms with Gasteiger partial charge < -0.3 is 0 Å². The fraction of sp³-hybridized carbons (Fsp3) is 0.680. The van der Waals surface area contributed by atoms with E-state index in [0.29, 0.717) is 5.56 Å². The molecule has 2 heteroatoms. The van der Waals surface area contributed by atoms with Gasteiger partial charge in [0.05, 0.1) is 0 Å². The van der Waals surface area contributed by atoms with Crippen molar-refractivity contribution in [2.45, 2.75) is 96.8 Å². The standard InChI is InChI=1S/C25H36F2/c1-2-3-4-5-6-7-19-8-10-20(11-9-19)12-13-21-14-15-24-22(16-21)17-23(26)18-25(24)27/h16-20H,2-15H2,1H3. The molecule has 1 aromatic rings. The topological polar surface area (TPSA) is 0 Å². The summed E-state index contributed by atoms with van der Waals surface area (Å²) in [4.78, 5) is 0. The van der Waals surface area contributed by atoms with Gasteiger partial charge in [-0.05, 0) is 54.7 Å². The number of hydrogen-bond acceptors (Lipinski definition) is 0. The number of allylic oxidation sites excluding steroid dienone is 1. The van der Waals surface area contributed by atoms with E-state index < -0.39 is 5.82 Å². The van der Waals surface area contributed by atoms with Gasteiger partial charge in [0, 0.05) is 6.07 Å². The third-order valence-corrected chi connectivity index (χ3v) is 6.81. The van der Waals surface area contributed by atoms with Gasteiger partial charge in [0.15, 0.2) is 0 Å². The summed E-state index contributed by atoms with van der Waals surface area (Å²) < 4.78 is 27.3. The smallest absolute Gasteiger partial charge is 0.129 e. The van der Waals surface area contributed by atoms with Gasteiger partial charge in [-0.15, -0.1) is 0 Å². The van der Waals surface area contributed by atoms with Crippen LogP contribution in [0.15, 0.2) is 17.7 Å². The molecule has 150 valence electrons. The predicted octanol–water partition coefficient (Wildman–Crippen LogP) is 8.24. The Morgan fingerprint density at radius 1 is 0.852 bits per heavy atom. The molecule has 1 fully saturated rings. The summed E-state index contributed by atoms with van der Waals surface area (Å²) in [6, 6.07) is 2.50. The second kappa shape index (κ2) is 10.4. The lowest BCUT2D eigenvalue weighted by Crippen LogP contribution is -2.15. The van der Waals surface area contributed by atoms with E-state index >= 15 is 0 Å². The first-order valence-corrected chi connectivity index (χ1v) is 11.3. The van der Waals surface area contributed by atoms with Crippen LogP contribution < -0.4 is 0 Å². The normalized spacial score (nSPS) is 22.4. The van der Waals surface area contributed by atoms with E-state index in [0.717, 1.165) is 42.7 Å². The Bertz CT molecular complexity index is 623. The number of fused-ring (bicyclic) bond motifs is 1. The summed E-state index contributed by atoms with van der Waals surface area (Å²) in [6.45, 7) is 2.28. The zero-order valence-electron chi connectivity index (χ0n) is 17.0. The van der Waals surface area contributed by atoms with E-state index in [1.807, 2.05) is 6.08 Å². The monoisotopic (exact) mass is 374 g/mol. The van der Waals surface area contributed by atoms with E-state index in [4.69, 9.17) is 0 Å². The molecule has 0 atom stereocenters. The number of benzene rings is 1. The predicted molar refractivity (Wildman–Crippen MR) is 111 cm³/mol. The lowest BCUT2D eigenvalue weighted by molar-refractivity contribution is 0.248. The van der Waals surface area contributed by atoms with E-state index in [-0.39, 0.29) is 5.82 Å². The molecule has 0 amide bonds. The molecule has 0 spiro atoms. The van der Waals surface area contributed by atoms with E-state index in [1.54, 1.807) is 0 Å². The van der Waals surface area contributed by atoms with Crippen LogP contribution in [0.1, 0.15) is 102 Å². The largest absolute Gasteiger partial charge is 0.207 e. The Hall–Kier alpha value is -1.18. The second-order valence-electron chi connectivity index (χ2n) is 8.89. The first kappa shape index (κ1) is 20.6. The summed E-state index contributed by atoms with van der Waals surface area (Å²) in [5.41, 5.74) is 2.84. The number of halogens is 2. The van der Waals surface area contributed by atoms with Gasteiger partial charge in [0.2, 0.25) is 0 Å². The van der Waals surface area contributed by atoms with Gasteiger partial charge >= 0.3 is 0 Å². The van der Waals surface area contributed by atoms with Crippen molar-refractivity contribution in [3.05, 3.63) is 40.5 Å². The second-order valence-corrected chi connectivity index (χ2v) is 8.89. The van der Waals surface area contributed by atoms with Crippen LogP contribution in [0.3, 0.4) is 0 Å². The van der Waals surface area contributed by atoms with Gasteiger partial charge in [-0.25, -0.2) is 8.78 Å². The molecular weight excluding hydrogens is 338 g/mol. The van der Waals surface area contributed by atoms with Crippen molar-refractivity contribution in [1.82, 2.24) is 0 Å². The molecule has 0 nitrogen and oxygen atoms in total. The Labute approximate surface area is 164 Å². The Kier molecular flexibility index (Phi) is 7.91. The third kappa shape index (κ3) is 6.16. The number of rotatable bonds is 9. The Morgan fingerprint density at radius 3 is 2.30 bits per heavy atom. The van der Waals surface area contributed by atoms with Crippen LogP contribution in [0.4, 0.5) is 8.78 Å². The molecule has 27 heavy (non-hydrogen) atoms. The average Bonchev–Trinajstić information content (AvgIpc) is 2.66. The lowest BCUT2D eigenvalue weighted by atomic mass is 9.77. The molecule has 0 saturated heterocycles. The molecule has 0 N–H and O–H groups in total. The highest BCUT2D eigenvalue weighted by Gasteiger charge is 2.22. The van der Waals surface area contributed by atoms with Crippen molar-refractivity contribution in [1.29, 1.82) is 0 Å². The van der Waals surface area contributed by atoms with Gasteiger partial charge in [0.1, 0.15) is 11.6 Å². The average molecular weight is 375 g/mol. The van der Waals surface area contributed by atoms with Crippen molar-refractivity contribution < 1.29 is 8.78 Å². The Morgan fingerprint density at radius 2 is 1.56 bits per heavy atom. The van der Waals surface area contributed by atoms with Gasteiger partial charge in [-0.2, -0.15) is 0 Å². The number of unbranched alkanes of at least 4 members (excludes halogenated alkanes) is 4. The first-order chi connectivity index (χ1) is 13.2. The highest BCUT2D eigenvalue weighted by molar-refractivity contribution is 5.60. The zero-order valence-corrected chi connectivity index (χ0v) is 17.0. The third-order valence-electron chi connectivity index (χ3n) is 6.81. The summed E-state index contributed by atoms with van der Waals surface area (Å²) in [7, 11) is 0. The van der Waals surface area contributed by atoms with E-state index in [9.17, 15) is 8.78 Å². The summed E-state index contributed by atoms with van der Waals surface area (Å²) in [5, 5.41) is 0. The van der Waals surface area contributed by atoms with Crippen molar-refractivity contribution >= 4 is 6.08 Å². The summed E-state index contributed by atoms with van der Waals surface area (Å²) in [6.07, 6.45) is 20.1. The molecule has 1 aromatic carbocycles. The zero-order chi connectivity index (χ0) is 19.1. The highest BCUT2D eigenvalue weighted by atomic mass is 19.1. The molecule has 0 bridgehead atoms. The summed E-state index contributed by atoms with van der Waals surface area (Å²) >= 11 is 0. The maximum absolute atomic E-state index is 13.9. The molecule has 0 aromatic heterocycles. The maximum Gasteiger partial charge on any atom is 0.129 e. The van der Waals surface area contributed by atoms with Crippen molar-refractivity contribution in [2.75, 3.05) is 0 Å². The molecular formula is C25H36F2. The van der Waals surface area contributed by atoms with Crippen LogP contribution in [0.5, 0.6) is 0 Å². The lowest BCUT2D eigenvalue weighted by Gasteiger charge is -2.29. The Balaban J connectivity index is 1.38. The highest BCUT2D eigenvalue weighted by Crippen LogP contribution is 2.36. The van der Waals surface area contributed by atoms with Gasteiger partial charge in [-0.1, -0.05) is 82.8 Å². The van der Waals surface area contributed by atoms with Gasteiger partial charge in [0.25, 0.3) is 0 Å². The molecule has 1 saturated carbocycles. The first-order valence-electron chi connectivity index (χ1n) is 11.3. The van der Waals surface area contributed by atoms with Crippen LogP contribution in [-0.4, -0.2) is 0 Å². The van der Waals surface area contributed by atoms with Crippen LogP contribution in [0, 0.1) is 23.5 Å².